The first-order chi connectivity index (χ1) is 13.2. The minimum absolute atomic E-state index is 0.159. The number of carbonyl (C=O) groups is 1. The largest absolute Gasteiger partial charge is 0.354 e. The van der Waals surface area contributed by atoms with Crippen LogP contribution in [-0.2, 0) is 4.79 Å². The molecule has 2 aromatic heterocycles. The summed E-state index contributed by atoms with van der Waals surface area (Å²) >= 11 is 1.62. The average molecular weight is 382 g/mol. The highest BCUT2D eigenvalue weighted by Crippen LogP contribution is 2.26. The lowest BCUT2D eigenvalue weighted by Crippen LogP contribution is -2.41. The van der Waals surface area contributed by atoms with Gasteiger partial charge in [0, 0.05) is 13.1 Å². The predicted molar refractivity (Wildman–Crippen MR) is 105 cm³/mol. The molecule has 1 aliphatic heterocycles. The number of piperidine rings is 1. The number of hydrogen-bond donors (Lipinski definition) is 1. The van der Waals surface area contributed by atoms with Gasteiger partial charge in [0.05, 0.1) is 16.5 Å². The second-order valence-corrected chi connectivity index (χ2v) is 7.46. The van der Waals surface area contributed by atoms with Crippen LogP contribution in [0.1, 0.15) is 12.8 Å². The van der Waals surface area contributed by atoms with E-state index in [1.54, 1.807) is 29.5 Å². The molecule has 1 N–H and O–H groups in total. The van der Waals surface area contributed by atoms with Crippen LogP contribution in [0.25, 0.3) is 10.6 Å². The quantitative estimate of drug-likeness (QED) is 0.735. The van der Waals surface area contributed by atoms with E-state index in [1.807, 2.05) is 29.6 Å². The Bertz CT molecular complexity index is 914. The van der Waals surface area contributed by atoms with Gasteiger partial charge in [-0.05, 0) is 48.6 Å². The molecule has 0 unspecified atom stereocenters. The molecule has 1 aliphatic rings. The third kappa shape index (κ3) is 3.98. The Morgan fingerprint density at radius 3 is 2.78 bits per heavy atom. The minimum atomic E-state index is -0.423. The van der Waals surface area contributed by atoms with Crippen molar-refractivity contribution in [3.05, 3.63) is 59.7 Å². The van der Waals surface area contributed by atoms with E-state index in [0.717, 1.165) is 35.8 Å². The molecular formula is C20H19FN4OS. The number of para-hydroxylation sites is 1. The van der Waals surface area contributed by atoms with Crippen LogP contribution >= 0.6 is 11.3 Å². The van der Waals surface area contributed by atoms with E-state index in [4.69, 9.17) is 0 Å². The van der Waals surface area contributed by atoms with E-state index in [1.165, 1.54) is 6.07 Å². The number of aromatic nitrogens is 2. The Hall–Kier alpha value is -2.80. The maximum Gasteiger partial charge on any atom is 0.229 e. The van der Waals surface area contributed by atoms with Gasteiger partial charge in [-0.1, -0.05) is 18.2 Å². The molecule has 0 saturated carbocycles. The van der Waals surface area contributed by atoms with E-state index in [9.17, 15) is 9.18 Å². The number of rotatable bonds is 4. The van der Waals surface area contributed by atoms with Gasteiger partial charge in [-0.25, -0.2) is 4.39 Å². The molecule has 5 nitrogen and oxygen atoms in total. The van der Waals surface area contributed by atoms with E-state index in [2.05, 4.69) is 20.4 Å². The first-order valence-electron chi connectivity index (χ1n) is 8.88. The molecule has 1 amide bonds. The van der Waals surface area contributed by atoms with E-state index in [0.29, 0.717) is 6.54 Å². The molecule has 0 bridgehead atoms. The third-order valence-electron chi connectivity index (χ3n) is 4.67. The van der Waals surface area contributed by atoms with Gasteiger partial charge in [0.2, 0.25) is 5.91 Å². The SMILES string of the molecule is O=C(Nc1ccccc1F)[C@@H]1CCCN(c2ccc(-c3cccs3)nn2)C1. The number of halogens is 1. The summed E-state index contributed by atoms with van der Waals surface area (Å²) in [5, 5.41) is 13.4. The summed E-state index contributed by atoms with van der Waals surface area (Å²) in [5.41, 5.74) is 1.07. The molecule has 27 heavy (non-hydrogen) atoms. The van der Waals surface area contributed by atoms with E-state index in [-0.39, 0.29) is 17.5 Å². The Morgan fingerprint density at radius 1 is 1.15 bits per heavy atom. The molecule has 138 valence electrons. The zero-order chi connectivity index (χ0) is 18.6. The molecule has 3 aromatic rings. The van der Waals surface area contributed by atoms with Gasteiger partial charge in [0.15, 0.2) is 5.82 Å². The number of nitrogens with zero attached hydrogens (tertiary/aromatic N) is 3. The van der Waals surface area contributed by atoms with Crippen LogP contribution in [0.4, 0.5) is 15.9 Å². The van der Waals surface area contributed by atoms with Gasteiger partial charge in [-0.15, -0.1) is 21.5 Å². The van der Waals surface area contributed by atoms with E-state index >= 15 is 0 Å². The fourth-order valence-corrected chi connectivity index (χ4v) is 3.94. The molecule has 4 rings (SSSR count). The second-order valence-electron chi connectivity index (χ2n) is 6.51. The van der Waals surface area contributed by atoms with Gasteiger partial charge in [-0.2, -0.15) is 0 Å². The van der Waals surface area contributed by atoms with Gasteiger partial charge in [0.25, 0.3) is 0 Å². The first-order valence-corrected chi connectivity index (χ1v) is 9.76. The molecule has 3 heterocycles. The van der Waals surface area contributed by atoms with Gasteiger partial charge in [-0.3, -0.25) is 4.79 Å². The Labute approximate surface area is 160 Å². The maximum absolute atomic E-state index is 13.8. The second kappa shape index (κ2) is 7.84. The number of nitrogens with one attached hydrogen (secondary N) is 1. The first kappa shape index (κ1) is 17.6. The Morgan fingerprint density at radius 2 is 2.04 bits per heavy atom. The smallest absolute Gasteiger partial charge is 0.229 e. The molecular weight excluding hydrogens is 363 g/mol. The van der Waals surface area contributed by atoms with Gasteiger partial charge < -0.3 is 10.2 Å². The van der Waals surface area contributed by atoms with Crippen LogP contribution in [-0.4, -0.2) is 29.2 Å². The summed E-state index contributed by atoms with van der Waals surface area (Å²) < 4.78 is 13.8. The maximum atomic E-state index is 13.8. The fraction of sp³-hybridized carbons (Fsp3) is 0.250. The number of hydrogen-bond acceptors (Lipinski definition) is 5. The van der Waals surface area contributed by atoms with Crippen molar-refractivity contribution in [3.8, 4) is 10.6 Å². The standard InChI is InChI=1S/C20H19FN4OS/c21-15-6-1-2-7-16(15)22-20(26)14-5-3-11-25(13-14)19-10-9-17(23-24-19)18-8-4-12-27-18/h1-2,4,6-10,12,14H,3,5,11,13H2,(H,22,26)/t14-/m1/s1. The number of anilines is 2. The lowest BCUT2D eigenvalue weighted by molar-refractivity contribution is -0.120. The van der Waals surface area contributed by atoms with Gasteiger partial charge >= 0.3 is 0 Å². The average Bonchev–Trinajstić information content (AvgIpc) is 3.25. The highest BCUT2D eigenvalue weighted by molar-refractivity contribution is 7.13. The zero-order valence-electron chi connectivity index (χ0n) is 14.6. The normalized spacial score (nSPS) is 16.9. The number of carbonyl (C=O) groups excluding carboxylic acids is 1. The van der Waals surface area contributed by atoms with Crippen molar-refractivity contribution in [3.63, 3.8) is 0 Å². The third-order valence-corrected chi connectivity index (χ3v) is 5.56. The van der Waals surface area contributed by atoms with Crippen LogP contribution in [0.3, 0.4) is 0 Å². The Balaban J connectivity index is 1.43. The van der Waals surface area contributed by atoms with Gasteiger partial charge in [0.1, 0.15) is 11.5 Å². The molecule has 1 saturated heterocycles. The summed E-state index contributed by atoms with van der Waals surface area (Å²) in [4.78, 5) is 15.7. The molecule has 0 radical (unpaired) electrons. The fourth-order valence-electron chi connectivity index (χ4n) is 3.25. The van der Waals surface area contributed by atoms with Crippen LogP contribution in [0.2, 0.25) is 0 Å². The van der Waals surface area contributed by atoms with Crippen molar-refractivity contribution in [2.75, 3.05) is 23.3 Å². The van der Waals surface area contributed by atoms with Crippen molar-refractivity contribution in [1.29, 1.82) is 0 Å². The predicted octanol–water partition coefficient (Wildman–Crippen LogP) is 4.20. The number of benzene rings is 1. The van der Waals surface area contributed by atoms with Crippen molar-refractivity contribution in [1.82, 2.24) is 10.2 Å². The lowest BCUT2D eigenvalue weighted by atomic mass is 9.97. The van der Waals surface area contributed by atoms with Crippen molar-refractivity contribution in [2.24, 2.45) is 5.92 Å². The van der Waals surface area contributed by atoms with Crippen LogP contribution < -0.4 is 10.2 Å². The van der Waals surface area contributed by atoms with Crippen LogP contribution in [0.5, 0.6) is 0 Å². The molecule has 1 fully saturated rings. The highest BCUT2D eigenvalue weighted by atomic mass is 32.1. The summed E-state index contributed by atoms with van der Waals surface area (Å²) in [6.07, 6.45) is 1.65. The van der Waals surface area contributed by atoms with Crippen molar-refractivity contribution < 1.29 is 9.18 Å². The number of amides is 1. The zero-order valence-corrected chi connectivity index (χ0v) is 15.5. The summed E-state index contributed by atoms with van der Waals surface area (Å²) in [6, 6.07) is 14.1. The molecule has 1 aromatic carbocycles. The Kier molecular flexibility index (Phi) is 5.11. The van der Waals surface area contributed by atoms with Crippen LogP contribution in [0.15, 0.2) is 53.9 Å². The summed E-state index contributed by atoms with van der Waals surface area (Å²) in [7, 11) is 0. The lowest BCUT2D eigenvalue weighted by Gasteiger charge is -2.32. The molecule has 7 heteroatoms. The summed E-state index contributed by atoms with van der Waals surface area (Å²) in [6.45, 7) is 1.38. The topological polar surface area (TPSA) is 58.1 Å². The molecule has 0 spiro atoms. The number of thiophene rings is 1. The monoisotopic (exact) mass is 382 g/mol. The van der Waals surface area contributed by atoms with Crippen LogP contribution in [0, 0.1) is 11.7 Å². The van der Waals surface area contributed by atoms with Crippen molar-refractivity contribution in [2.45, 2.75) is 12.8 Å². The molecule has 0 aliphatic carbocycles. The van der Waals surface area contributed by atoms with E-state index < -0.39 is 5.82 Å². The minimum Gasteiger partial charge on any atom is -0.354 e. The highest BCUT2D eigenvalue weighted by Gasteiger charge is 2.27. The van der Waals surface area contributed by atoms with Crippen molar-refractivity contribution >= 4 is 28.7 Å². The summed E-state index contributed by atoms with van der Waals surface area (Å²) in [5.74, 6) is -0.0302. The molecule has 1 atom stereocenters.